The van der Waals surface area contributed by atoms with Gasteiger partial charge in [-0.15, -0.1) is 0 Å². The molecule has 0 spiro atoms. The van der Waals surface area contributed by atoms with E-state index in [1.165, 1.54) is 6.07 Å². The average Bonchev–Trinajstić information content (AvgIpc) is 2.48. The number of benzene rings is 1. The van der Waals surface area contributed by atoms with Crippen molar-refractivity contribution in [3.05, 3.63) is 34.1 Å². The number of ether oxygens (including phenoxy) is 2. The lowest BCUT2D eigenvalue weighted by atomic mass is 10.0. The average molecular weight is 346 g/mol. The van der Waals surface area contributed by atoms with Crippen LogP contribution in [0.1, 0.15) is 18.9 Å². The Morgan fingerprint density at radius 1 is 1.45 bits per heavy atom. The Morgan fingerprint density at radius 2 is 2.30 bits per heavy atom. The highest BCUT2D eigenvalue weighted by Crippen LogP contribution is 2.21. The van der Waals surface area contributed by atoms with Gasteiger partial charge in [0.1, 0.15) is 5.82 Å². The van der Waals surface area contributed by atoms with Crippen LogP contribution in [0.15, 0.2) is 22.7 Å². The minimum absolute atomic E-state index is 0.0190. The molecular weight excluding hydrogens is 325 g/mol. The molecule has 0 amide bonds. The molecule has 1 aliphatic rings. The maximum Gasteiger partial charge on any atom is 0.123 e. The van der Waals surface area contributed by atoms with E-state index in [9.17, 15) is 4.39 Å². The van der Waals surface area contributed by atoms with E-state index >= 15 is 0 Å². The van der Waals surface area contributed by atoms with Crippen LogP contribution in [0, 0.1) is 5.82 Å². The Kier molecular flexibility index (Phi) is 6.42. The van der Waals surface area contributed by atoms with Crippen LogP contribution in [0.2, 0.25) is 0 Å². The Balaban J connectivity index is 2.07. The zero-order valence-corrected chi connectivity index (χ0v) is 13.3. The summed E-state index contributed by atoms with van der Waals surface area (Å²) in [5.74, 6) is -0.210. The molecule has 1 aromatic carbocycles. The second kappa shape index (κ2) is 8.08. The lowest BCUT2D eigenvalue weighted by molar-refractivity contribution is -0.101. The number of hydrogen-bond acceptors (Lipinski definition) is 3. The van der Waals surface area contributed by atoms with Gasteiger partial charge in [0.25, 0.3) is 0 Å². The fourth-order valence-electron chi connectivity index (χ4n) is 2.34. The first-order valence-electron chi connectivity index (χ1n) is 7.07. The molecule has 1 aromatic rings. The van der Waals surface area contributed by atoms with Crippen molar-refractivity contribution in [2.24, 2.45) is 0 Å². The van der Waals surface area contributed by atoms with E-state index in [1.54, 1.807) is 12.1 Å². The molecule has 0 bridgehead atoms. The second-order valence-corrected chi connectivity index (χ2v) is 5.84. The van der Waals surface area contributed by atoms with Gasteiger partial charge in [-0.1, -0.05) is 22.9 Å². The SMILES string of the molecule is CCCNC(Cc1cc(F)ccc1Br)C1COCCO1. The van der Waals surface area contributed by atoms with Gasteiger partial charge in [0.2, 0.25) is 0 Å². The molecule has 0 radical (unpaired) electrons. The first-order chi connectivity index (χ1) is 9.70. The molecular formula is C15H21BrFNO2. The molecule has 1 N–H and O–H groups in total. The first kappa shape index (κ1) is 15.9. The number of rotatable bonds is 6. The van der Waals surface area contributed by atoms with Crippen LogP contribution in [0.3, 0.4) is 0 Å². The zero-order valence-electron chi connectivity index (χ0n) is 11.7. The van der Waals surface area contributed by atoms with Crippen molar-refractivity contribution in [1.82, 2.24) is 5.32 Å². The molecule has 0 aromatic heterocycles. The molecule has 0 aliphatic carbocycles. The predicted molar refractivity (Wildman–Crippen MR) is 80.4 cm³/mol. The van der Waals surface area contributed by atoms with Gasteiger partial charge in [-0.3, -0.25) is 0 Å². The van der Waals surface area contributed by atoms with Crippen molar-refractivity contribution in [3.63, 3.8) is 0 Å². The third kappa shape index (κ3) is 4.52. The monoisotopic (exact) mass is 345 g/mol. The molecule has 2 atom stereocenters. The molecule has 20 heavy (non-hydrogen) atoms. The number of hydrogen-bond donors (Lipinski definition) is 1. The third-order valence-corrected chi connectivity index (χ3v) is 4.17. The quantitative estimate of drug-likeness (QED) is 0.859. The second-order valence-electron chi connectivity index (χ2n) is 4.98. The lowest BCUT2D eigenvalue weighted by Crippen LogP contribution is -2.48. The highest BCUT2D eigenvalue weighted by Gasteiger charge is 2.25. The van der Waals surface area contributed by atoms with E-state index < -0.39 is 0 Å². The highest BCUT2D eigenvalue weighted by atomic mass is 79.9. The molecule has 112 valence electrons. The molecule has 5 heteroatoms. The minimum Gasteiger partial charge on any atom is -0.376 e. The van der Waals surface area contributed by atoms with E-state index in [0.29, 0.717) is 26.2 Å². The van der Waals surface area contributed by atoms with Crippen molar-refractivity contribution in [3.8, 4) is 0 Å². The van der Waals surface area contributed by atoms with Gasteiger partial charge in [0, 0.05) is 10.5 Å². The van der Waals surface area contributed by atoms with Crippen LogP contribution in [-0.4, -0.2) is 38.5 Å². The summed E-state index contributed by atoms with van der Waals surface area (Å²) in [6, 6.07) is 4.92. The van der Waals surface area contributed by atoms with Crippen molar-refractivity contribution in [1.29, 1.82) is 0 Å². The lowest BCUT2D eigenvalue weighted by Gasteiger charge is -2.31. The third-order valence-electron chi connectivity index (χ3n) is 3.39. The Morgan fingerprint density at radius 3 is 3.00 bits per heavy atom. The van der Waals surface area contributed by atoms with Crippen LogP contribution in [-0.2, 0) is 15.9 Å². The summed E-state index contributed by atoms with van der Waals surface area (Å²) in [7, 11) is 0. The van der Waals surface area contributed by atoms with Gasteiger partial charge in [-0.2, -0.15) is 0 Å². The standard InChI is InChI=1S/C15H21BrFNO2/c1-2-5-18-14(15-10-19-6-7-20-15)9-11-8-12(17)3-4-13(11)16/h3-4,8,14-15,18H,2,5-7,9-10H2,1H3. The zero-order chi connectivity index (χ0) is 14.4. The number of halogens is 2. The predicted octanol–water partition coefficient (Wildman–Crippen LogP) is 2.91. The van der Waals surface area contributed by atoms with Gasteiger partial charge >= 0.3 is 0 Å². The summed E-state index contributed by atoms with van der Waals surface area (Å²) in [4.78, 5) is 0. The van der Waals surface area contributed by atoms with E-state index in [-0.39, 0.29) is 18.0 Å². The maximum absolute atomic E-state index is 13.4. The summed E-state index contributed by atoms with van der Waals surface area (Å²) < 4.78 is 25.6. The van der Waals surface area contributed by atoms with Crippen molar-refractivity contribution < 1.29 is 13.9 Å². The van der Waals surface area contributed by atoms with Gasteiger partial charge in [0.05, 0.1) is 25.9 Å². The minimum atomic E-state index is -0.210. The van der Waals surface area contributed by atoms with Crippen LogP contribution in [0.5, 0.6) is 0 Å². The van der Waals surface area contributed by atoms with Gasteiger partial charge < -0.3 is 14.8 Å². The van der Waals surface area contributed by atoms with Crippen LogP contribution in [0.25, 0.3) is 0 Å². The van der Waals surface area contributed by atoms with Crippen molar-refractivity contribution in [2.45, 2.75) is 31.9 Å². The largest absolute Gasteiger partial charge is 0.376 e. The van der Waals surface area contributed by atoms with Crippen molar-refractivity contribution in [2.75, 3.05) is 26.4 Å². The smallest absolute Gasteiger partial charge is 0.123 e. The molecule has 0 saturated carbocycles. The fraction of sp³-hybridized carbons (Fsp3) is 0.600. The van der Waals surface area contributed by atoms with Crippen LogP contribution < -0.4 is 5.32 Å². The molecule has 1 fully saturated rings. The van der Waals surface area contributed by atoms with E-state index in [2.05, 4.69) is 28.2 Å². The molecule has 1 saturated heterocycles. The van der Waals surface area contributed by atoms with Gasteiger partial charge in [0.15, 0.2) is 0 Å². The molecule has 1 heterocycles. The summed E-state index contributed by atoms with van der Waals surface area (Å²) in [5.41, 5.74) is 0.952. The normalized spacial score (nSPS) is 20.9. The first-order valence-corrected chi connectivity index (χ1v) is 7.86. The summed E-state index contributed by atoms with van der Waals surface area (Å²) >= 11 is 3.48. The Bertz CT molecular complexity index is 424. The van der Waals surface area contributed by atoms with Crippen LogP contribution >= 0.6 is 15.9 Å². The summed E-state index contributed by atoms with van der Waals surface area (Å²) in [6.07, 6.45) is 1.78. The van der Waals surface area contributed by atoms with E-state index in [4.69, 9.17) is 9.47 Å². The summed E-state index contributed by atoms with van der Waals surface area (Å²) in [5, 5.41) is 3.49. The van der Waals surface area contributed by atoms with E-state index in [0.717, 1.165) is 23.0 Å². The Labute approximate surface area is 128 Å². The molecule has 2 unspecified atom stereocenters. The van der Waals surface area contributed by atoms with Crippen molar-refractivity contribution >= 4 is 15.9 Å². The van der Waals surface area contributed by atoms with Gasteiger partial charge in [-0.05, 0) is 43.1 Å². The van der Waals surface area contributed by atoms with Gasteiger partial charge in [-0.25, -0.2) is 4.39 Å². The summed E-state index contributed by atoms with van der Waals surface area (Å²) in [6.45, 7) is 4.91. The maximum atomic E-state index is 13.4. The molecule has 1 aliphatic heterocycles. The fourth-order valence-corrected chi connectivity index (χ4v) is 2.75. The molecule has 2 rings (SSSR count). The van der Waals surface area contributed by atoms with E-state index in [1.807, 2.05) is 0 Å². The topological polar surface area (TPSA) is 30.5 Å². The number of nitrogens with one attached hydrogen (secondary N) is 1. The highest BCUT2D eigenvalue weighted by molar-refractivity contribution is 9.10. The Hall–Kier alpha value is -0.490. The van der Waals surface area contributed by atoms with Crippen LogP contribution in [0.4, 0.5) is 4.39 Å². The molecule has 3 nitrogen and oxygen atoms in total.